The van der Waals surface area contributed by atoms with Gasteiger partial charge in [0.15, 0.2) is 6.10 Å². The van der Waals surface area contributed by atoms with Crippen LogP contribution in [0.15, 0.2) is 72.8 Å². The number of aryl methyl sites for hydroxylation is 1. The van der Waals surface area contributed by atoms with Gasteiger partial charge < -0.3 is 15.4 Å². The standard InChI is InChI=1S/C26H28N2O3/c1-18-10-9-15-24(19(18)2)31-20(3)25(29)28-23-14-8-7-13-22(23)26(30)27-17-16-21-11-5-4-6-12-21/h4-15,20H,16-17H2,1-3H3,(H,27,30)(H,28,29)/t20-/m1/s1. The number of ether oxygens (including phenoxy) is 1. The Kier molecular flexibility index (Phi) is 7.44. The van der Waals surface area contributed by atoms with Crippen molar-refractivity contribution >= 4 is 17.5 Å². The van der Waals surface area contributed by atoms with Crippen molar-refractivity contribution in [3.05, 3.63) is 95.1 Å². The summed E-state index contributed by atoms with van der Waals surface area (Å²) in [5, 5.41) is 5.75. The number of anilines is 1. The van der Waals surface area contributed by atoms with E-state index < -0.39 is 6.10 Å². The highest BCUT2D eigenvalue weighted by molar-refractivity contribution is 6.04. The lowest BCUT2D eigenvalue weighted by molar-refractivity contribution is -0.122. The number of carbonyl (C=O) groups excluding carboxylic acids is 2. The SMILES string of the molecule is Cc1cccc(O[C@H](C)C(=O)Nc2ccccc2C(=O)NCCc2ccccc2)c1C. The fraction of sp³-hybridized carbons (Fsp3) is 0.231. The van der Waals surface area contributed by atoms with Crippen LogP contribution in [0.1, 0.15) is 34.0 Å². The second-order valence-corrected chi connectivity index (χ2v) is 7.48. The number of carbonyl (C=O) groups is 2. The third-order valence-electron chi connectivity index (χ3n) is 5.20. The molecule has 0 aromatic heterocycles. The molecule has 0 spiro atoms. The predicted molar refractivity (Wildman–Crippen MR) is 124 cm³/mol. The third kappa shape index (κ3) is 5.95. The van der Waals surface area contributed by atoms with Crippen LogP contribution < -0.4 is 15.4 Å². The first-order valence-corrected chi connectivity index (χ1v) is 10.4. The number of rotatable bonds is 8. The van der Waals surface area contributed by atoms with E-state index in [0.29, 0.717) is 23.5 Å². The van der Waals surface area contributed by atoms with Gasteiger partial charge in [0.2, 0.25) is 0 Å². The molecule has 160 valence electrons. The van der Waals surface area contributed by atoms with Gasteiger partial charge in [0.1, 0.15) is 5.75 Å². The Morgan fingerprint density at radius 1 is 0.903 bits per heavy atom. The smallest absolute Gasteiger partial charge is 0.265 e. The van der Waals surface area contributed by atoms with E-state index in [1.54, 1.807) is 31.2 Å². The zero-order chi connectivity index (χ0) is 22.2. The summed E-state index contributed by atoms with van der Waals surface area (Å²) in [5.74, 6) is 0.134. The van der Waals surface area contributed by atoms with E-state index in [2.05, 4.69) is 10.6 Å². The molecule has 1 atom stereocenters. The van der Waals surface area contributed by atoms with Gasteiger partial charge >= 0.3 is 0 Å². The van der Waals surface area contributed by atoms with Gasteiger partial charge in [-0.25, -0.2) is 0 Å². The molecule has 0 unspecified atom stereocenters. The van der Waals surface area contributed by atoms with Crippen LogP contribution in [-0.2, 0) is 11.2 Å². The van der Waals surface area contributed by atoms with Crippen LogP contribution in [-0.4, -0.2) is 24.5 Å². The summed E-state index contributed by atoms with van der Waals surface area (Å²) in [5.41, 5.74) is 4.13. The van der Waals surface area contributed by atoms with Crippen molar-refractivity contribution in [2.24, 2.45) is 0 Å². The maximum atomic E-state index is 12.7. The molecule has 5 nitrogen and oxygen atoms in total. The van der Waals surface area contributed by atoms with Crippen LogP contribution >= 0.6 is 0 Å². The van der Waals surface area contributed by atoms with Gasteiger partial charge in [0, 0.05) is 6.54 Å². The molecule has 0 aliphatic rings. The highest BCUT2D eigenvalue weighted by Crippen LogP contribution is 2.22. The summed E-state index contributed by atoms with van der Waals surface area (Å²) in [4.78, 5) is 25.4. The fourth-order valence-corrected chi connectivity index (χ4v) is 3.18. The van der Waals surface area contributed by atoms with E-state index in [4.69, 9.17) is 4.74 Å². The minimum atomic E-state index is -0.713. The van der Waals surface area contributed by atoms with Crippen molar-refractivity contribution in [1.29, 1.82) is 0 Å². The average molecular weight is 417 g/mol. The quantitative estimate of drug-likeness (QED) is 0.560. The molecule has 0 heterocycles. The lowest BCUT2D eigenvalue weighted by atomic mass is 10.1. The summed E-state index contributed by atoms with van der Waals surface area (Å²) >= 11 is 0. The second-order valence-electron chi connectivity index (χ2n) is 7.48. The molecule has 31 heavy (non-hydrogen) atoms. The van der Waals surface area contributed by atoms with Crippen LogP contribution in [0.5, 0.6) is 5.75 Å². The van der Waals surface area contributed by atoms with Gasteiger partial charge in [-0.05, 0) is 62.1 Å². The first-order valence-electron chi connectivity index (χ1n) is 10.4. The highest BCUT2D eigenvalue weighted by atomic mass is 16.5. The van der Waals surface area contributed by atoms with E-state index in [9.17, 15) is 9.59 Å². The molecule has 0 bridgehead atoms. The summed E-state index contributed by atoms with van der Waals surface area (Å²) in [7, 11) is 0. The molecule has 3 aromatic carbocycles. The van der Waals surface area contributed by atoms with Crippen molar-refractivity contribution < 1.29 is 14.3 Å². The van der Waals surface area contributed by atoms with Gasteiger partial charge in [0.05, 0.1) is 11.3 Å². The van der Waals surface area contributed by atoms with Gasteiger partial charge in [0.25, 0.3) is 11.8 Å². The molecule has 0 aliphatic heterocycles. The van der Waals surface area contributed by atoms with Gasteiger partial charge in [-0.15, -0.1) is 0 Å². The number of nitrogens with one attached hydrogen (secondary N) is 2. The van der Waals surface area contributed by atoms with Crippen LogP contribution in [0, 0.1) is 13.8 Å². The van der Waals surface area contributed by atoms with Crippen LogP contribution in [0.25, 0.3) is 0 Å². The zero-order valence-corrected chi connectivity index (χ0v) is 18.1. The van der Waals surface area contributed by atoms with Crippen molar-refractivity contribution in [3.63, 3.8) is 0 Å². The molecule has 2 amide bonds. The van der Waals surface area contributed by atoms with Crippen molar-refractivity contribution in [1.82, 2.24) is 5.32 Å². The number of para-hydroxylation sites is 1. The maximum Gasteiger partial charge on any atom is 0.265 e. The number of hydrogen-bond donors (Lipinski definition) is 2. The topological polar surface area (TPSA) is 67.4 Å². The molecule has 3 aromatic rings. The van der Waals surface area contributed by atoms with E-state index >= 15 is 0 Å². The molecule has 0 saturated carbocycles. The molecule has 5 heteroatoms. The molecule has 3 rings (SSSR count). The zero-order valence-electron chi connectivity index (χ0n) is 18.1. The van der Waals surface area contributed by atoms with Crippen molar-refractivity contribution in [2.45, 2.75) is 33.3 Å². The Labute approximate surface area is 183 Å². The Balaban J connectivity index is 1.61. The Bertz CT molecular complexity index is 1050. The molecule has 0 saturated heterocycles. The Hall–Kier alpha value is -3.60. The van der Waals surface area contributed by atoms with Gasteiger partial charge in [-0.2, -0.15) is 0 Å². The fourth-order valence-electron chi connectivity index (χ4n) is 3.18. The highest BCUT2D eigenvalue weighted by Gasteiger charge is 2.19. The Morgan fingerprint density at radius 2 is 1.61 bits per heavy atom. The second kappa shape index (κ2) is 10.4. The van der Waals surface area contributed by atoms with Crippen LogP contribution in [0.3, 0.4) is 0 Å². The first-order chi connectivity index (χ1) is 15.0. The largest absolute Gasteiger partial charge is 0.481 e. The van der Waals surface area contributed by atoms with Gasteiger partial charge in [-0.3, -0.25) is 9.59 Å². The van der Waals surface area contributed by atoms with E-state index in [1.165, 1.54) is 0 Å². The van der Waals surface area contributed by atoms with E-state index in [1.807, 2.05) is 62.4 Å². The molecule has 0 aliphatic carbocycles. The van der Waals surface area contributed by atoms with Crippen LogP contribution in [0.2, 0.25) is 0 Å². The van der Waals surface area contributed by atoms with Crippen molar-refractivity contribution in [2.75, 3.05) is 11.9 Å². The van der Waals surface area contributed by atoms with E-state index in [-0.39, 0.29) is 11.8 Å². The first kappa shape index (κ1) is 22.1. The van der Waals surface area contributed by atoms with Gasteiger partial charge in [-0.1, -0.05) is 54.6 Å². The summed E-state index contributed by atoms with van der Waals surface area (Å²) < 4.78 is 5.86. The molecular weight excluding hydrogens is 388 g/mol. The number of benzene rings is 3. The maximum absolute atomic E-state index is 12.7. The number of hydrogen-bond acceptors (Lipinski definition) is 3. The minimum absolute atomic E-state index is 0.227. The predicted octanol–water partition coefficient (Wildman–Crippen LogP) is 4.68. The lowest BCUT2D eigenvalue weighted by Gasteiger charge is -2.18. The normalized spacial score (nSPS) is 11.5. The lowest BCUT2D eigenvalue weighted by Crippen LogP contribution is -2.32. The summed E-state index contributed by atoms with van der Waals surface area (Å²) in [6.07, 6.45) is 0.0247. The molecule has 0 radical (unpaired) electrons. The van der Waals surface area contributed by atoms with E-state index in [0.717, 1.165) is 23.1 Å². The van der Waals surface area contributed by atoms with Crippen LogP contribution in [0.4, 0.5) is 5.69 Å². The van der Waals surface area contributed by atoms with Crippen molar-refractivity contribution in [3.8, 4) is 5.75 Å². The third-order valence-corrected chi connectivity index (χ3v) is 5.20. The average Bonchev–Trinajstić information content (AvgIpc) is 2.78. The summed E-state index contributed by atoms with van der Waals surface area (Å²) in [6, 6.07) is 22.7. The molecule has 2 N–H and O–H groups in total. The monoisotopic (exact) mass is 416 g/mol. The summed E-state index contributed by atoms with van der Waals surface area (Å²) in [6.45, 7) is 6.17. The number of amides is 2. The molecule has 0 fully saturated rings. The Morgan fingerprint density at radius 3 is 2.39 bits per heavy atom. The minimum Gasteiger partial charge on any atom is -0.481 e. The molecular formula is C26H28N2O3.